The predicted octanol–water partition coefficient (Wildman–Crippen LogP) is 5.34. The van der Waals surface area contributed by atoms with Gasteiger partial charge in [-0.25, -0.2) is 0 Å². The van der Waals surface area contributed by atoms with E-state index in [1.54, 1.807) is 4.80 Å². The van der Waals surface area contributed by atoms with E-state index in [0.29, 0.717) is 5.69 Å². The van der Waals surface area contributed by atoms with Gasteiger partial charge in [0, 0.05) is 0 Å². The summed E-state index contributed by atoms with van der Waals surface area (Å²) in [5.41, 5.74) is 4.45. The van der Waals surface area contributed by atoms with Crippen LogP contribution in [0.25, 0.3) is 16.7 Å². The van der Waals surface area contributed by atoms with Crippen LogP contribution in [-0.2, 0) is 6.42 Å². The number of hydrogen-bond donors (Lipinski definition) is 1. The van der Waals surface area contributed by atoms with Crippen LogP contribution in [0.15, 0.2) is 36.4 Å². The molecule has 0 unspecified atom stereocenters. The van der Waals surface area contributed by atoms with Crippen molar-refractivity contribution < 1.29 is 5.11 Å². The van der Waals surface area contributed by atoms with E-state index in [-0.39, 0.29) is 5.75 Å². The third kappa shape index (κ3) is 4.19. The zero-order chi connectivity index (χ0) is 17.6. The quantitative estimate of drug-likeness (QED) is 0.565. The van der Waals surface area contributed by atoms with E-state index in [1.807, 2.05) is 37.3 Å². The van der Waals surface area contributed by atoms with Gasteiger partial charge in [0.2, 0.25) is 0 Å². The molecule has 3 rings (SSSR count). The lowest BCUT2D eigenvalue weighted by atomic mass is 10.0. The first-order chi connectivity index (χ1) is 12.2. The molecule has 0 fully saturated rings. The molecule has 0 radical (unpaired) electrons. The largest absolute Gasteiger partial charge is 0.505 e. The molecule has 2 aromatic carbocycles. The average Bonchev–Trinajstić information content (AvgIpc) is 3.04. The molecule has 132 valence electrons. The van der Waals surface area contributed by atoms with Gasteiger partial charge in [0.25, 0.3) is 0 Å². The number of hydrogen-bond acceptors (Lipinski definition) is 3. The summed E-state index contributed by atoms with van der Waals surface area (Å²) in [5, 5.41) is 19.5. The summed E-state index contributed by atoms with van der Waals surface area (Å²) >= 11 is 0. The summed E-state index contributed by atoms with van der Waals surface area (Å²) in [6, 6.07) is 11.9. The van der Waals surface area contributed by atoms with Crippen molar-refractivity contribution >= 4 is 11.0 Å². The Morgan fingerprint density at radius 3 is 2.24 bits per heavy atom. The monoisotopic (exact) mass is 337 g/mol. The highest BCUT2D eigenvalue weighted by molar-refractivity contribution is 5.73. The number of phenols is 1. The van der Waals surface area contributed by atoms with Gasteiger partial charge in [-0.3, -0.25) is 0 Å². The summed E-state index contributed by atoms with van der Waals surface area (Å²) in [6.45, 7) is 4.18. The van der Waals surface area contributed by atoms with Gasteiger partial charge in [0.15, 0.2) is 0 Å². The van der Waals surface area contributed by atoms with Crippen LogP contribution in [0.2, 0.25) is 0 Å². The third-order valence-electron chi connectivity index (χ3n) is 4.66. The van der Waals surface area contributed by atoms with Crippen molar-refractivity contribution in [1.29, 1.82) is 0 Å². The van der Waals surface area contributed by atoms with Crippen molar-refractivity contribution in [2.24, 2.45) is 0 Å². The lowest BCUT2D eigenvalue weighted by Gasteiger charge is -2.10. The van der Waals surface area contributed by atoms with E-state index >= 15 is 0 Å². The molecule has 0 aliphatic carbocycles. The standard InChI is InChI=1S/C21H27N3O/c1-3-4-5-6-7-8-11-17-14-16(2)21(25)20(15-17)24-22-18-12-9-10-13-19(18)23-24/h9-10,12-15,25H,3-8,11H2,1-2H3. The molecule has 4 heteroatoms. The Hall–Kier alpha value is -2.36. The highest BCUT2D eigenvalue weighted by Crippen LogP contribution is 2.28. The van der Waals surface area contributed by atoms with Gasteiger partial charge in [-0.05, 0) is 49.1 Å². The highest BCUT2D eigenvalue weighted by atomic mass is 16.3. The van der Waals surface area contributed by atoms with Gasteiger partial charge >= 0.3 is 0 Å². The second kappa shape index (κ2) is 8.15. The van der Waals surface area contributed by atoms with Crippen molar-refractivity contribution in [3.8, 4) is 11.4 Å². The first kappa shape index (κ1) is 17.5. The minimum atomic E-state index is 0.256. The summed E-state index contributed by atoms with van der Waals surface area (Å²) in [6.07, 6.45) is 8.73. The fraction of sp³-hybridized carbons (Fsp3) is 0.429. The molecule has 1 heterocycles. The molecular weight excluding hydrogens is 310 g/mol. The van der Waals surface area contributed by atoms with Gasteiger partial charge < -0.3 is 5.11 Å². The molecule has 0 atom stereocenters. The van der Waals surface area contributed by atoms with Crippen molar-refractivity contribution in [3.05, 3.63) is 47.5 Å². The van der Waals surface area contributed by atoms with Gasteiger partial charge in [0.05, 0.1) is 0 Å². The molecule has 3 aromatic rings. The normalized spacial score (nSPS) is 11.3. The van der Waals surface area contributed by atoms with Gasteiger partial charge in [-0.1, -0.05) is 57.2 Å². The van der Waals surface area contributed by atoms with Crippen LogP contribution < -0.4 is 0 Å². The van der Waals surface area contributed by atoms with E-state index in [2.05, 4.69) is 23.2 Å². The third-order valence-corrected chi connectivity index (χ3v) is 4.66. The molecule has 1 N–H and O–H groups in total. The Morgan fingerprint density at radius 1 is 0.920 bits per heavy atom. The summed E-state index contributed by atoms with van der Waals surface area (Å²) in [4.78, 5) is 1.55. The molecule has 25 heavy (non-hydrogen) atoms. The van der Waals surface area contributed by atoms with Crippen molar-refractivity contribution in [2.75, 3.05) is 0 Å². The Balaban J connectivity index is 1.76. The lowest BCUT2D eigenvalue weighted by molar-refractivity contribution is 0.463. The Labute approximate surface area is 149 Å². The number of fused-ring (bicyclic) bond motifs is 1. The number of phenolic OH excluding ortho intramolecular Hbond substituents is 1. The van der Waals surface area contributed by atoms with E-state index in [1.165, 1.54) is 44.1 Å². The Kier molecular flexibility index (Phi) is 5.69. The van der Waals surface area contributed by atoms with E-state index in [9.17, 15) is 5.11 Å². The van der Waals surface area contributed by atoms with E-state index < -0.39 is 0 Å². The van der Waals surface area contributed by atoms with E-state index in [4.69, 9.17) is 0 Å². The molecule has 0 aliphatic rings. The topological polar surface area (TPSA) is 50.9 Å². The number of nitrogens with zero attached hydrogens (tertiary/aromatic N) is 3. The SMILES string of the molecule is CCCCCCCCc1cc(C)c(O)c(-n2nc3ccccc3n2)c1. The maximum Gasteiger partial charge on any atom is 0.146 e. The molecule has 0 amide bonds. The predicted molar refractivity (Wildman–Crippen MR) is 102 cm³/mol. The maximum atomic E-state index is 10.5. The average molecular weight is 337 g/mol. The fourth-order valence-electron chi connectivity index (χ4n) is 3.21. The Bertz CT molecular complexity index is 805. The first-order valence-electron chi connectivity index (χ1n) is 9.34. The van der Waals surface area contributed by atoms with Gasteiger partial charge in [-0.15, -0.1) is 15.0 Å². The zero-order valence-electron chi connectivity index (χ0n) is 15.2. The number of aromatic hydroxyl groups is 1. The zero-order valence-corrected chi connectivity index (χ0v) is 15.2. The highest BCUT2D eigenvalue weighted by Gasteiger charge is 2.12. The number of benzene rings is 2. The van der Waals surface area contributed by atoms with E-state index in [0.717, 1.165) is 23.0 Å². The molecule has 0 saturated carbocycles. The molecular formula is C21H27N3O. The molecule has 4 nitrogen and oxygen atoms in total. The van der Waals surface area contributed by atoms with Crippen LogP contribution in [0, 0.1) is 6.92 Å². The number of aryl methyl sites for hydroxylation is 2. The van der Waals surface area contributed by atoms with Crippen LogP contribution in [0.3, 0.4) is 0 Å². The second-order valence-electron chi connectivity index (χ2n) is 6.78. The lowest BCUT2D eigenvalue weighted by Crippen LogP contribution is -2.02. The molecule has 1 aromatic heterocycles. The van der Waals surface area contributed by atoms with Crippen LogP contribution in [0.5, 0.6) is 5.75 Å². The second-order valence-corrected chi connectivity index (χ2v) is 6.78. The summed E-state index contributed by atoms with van der Waals surface area (Å²) < 4.78 is 0. The number of unbranched alkanes of at least 4 members (excludes halogenated alkanes) is 5. The Morgan fingerprint density at radius 2 is 1.56 bits per heavy atom. The minimum absolute atomic E-state index is 0.256. The van der Waals surface area contributed by atoms with Crippen LogP contribution in [0.4, 0.5) is 0 Å². The van der Waals surface area contributed by atoms with Crippen LogP contribution >= 0.6 is 0 Å². The fourth-order valence-corrected chi connectivity index (χ4v) is 3.21. The van der Waals surface area contributed by atoms with Gasteiger partial charge in [0.1, 0.15) is 22.5 Å². The number of aromatic nitrogens is 3. The van der Waals surface area contributed by atoms with Crippen LogP contribution in [-0.4, -0.2) is 20.1 Å². The van der Waals surface area contributed by atoms with Gasteiger partial charge in [-0.2, -0.15) is 0 Å². The van der Waals surface area contributed by atoms with Crippen LogP contribution in [0.1, 0.15) is 56.6 Å². The van der Waals surface area contributed by atoms with Crippen molar-refractivity contribution in [2.45, 2.75) is 58.8 Å². The molecule has 0 bridgehead atoms. The van der Waals surface area contributed by atoms with Crippen molar-refractivity contribution in [3.63, 3.8) is 0 Å². The molecule has 0 saturated heterocycles. The van der Waals surface area contributed by atoms with Crippen molar-refractivity contribution in [1.82, 2.24) is 15.0 Å². The first-order valence-corrected chi connectivity index (χ1v) is 9.34. The smallest absolute Gasteiger partial charge is 0.146 e. The maximum absolute atomic E-state index is 10.5. The molecule has 0 aliphatic heterocycles. The minimum Gasteiger partial charge on any atom is -0.505 e. The summed E-state index contributed by atoms with van der Waals surface area (Å²) in [5.74, 6) is 0.256. The molecule has 0 spiro atoms. The summed E-state index contributed by atoms with van der Waals surface area (Å²) in [7, 11) is 0. The number of rotatable bonds is 8.